The molecule has 0 aliphatic carbocycles. The zero-order valence-corrected chi connectivity index (χ0v) is 18.0. The van der Waals surface area contributed by atoms with Crippen molar-refractivity contribution in [2.24, 2.45) is 16.6 Å². The standard InChI is InChI=1S/C22H28ClN5O/c1-13(2)15(5)26-11-16-6-7-19(23)18(8-16)22-27-20(9-21(29)28-22)17(10-24)12-25-14(3)4/h6-10,12-14,26H,5,11,24H2,1-4H3,(H,27,28,29). The molecule has 1 aromatic heterocycles. The molecular weight excluding hydrogens is 386 g/mol. The van der Waals surface area contributed by atoms with Crippen molar-refractivity contribution in [2.75, 3.05) is 0 Å². The van der Waals surface area contributed by atoms with Gasteiger partial charge in [-0.2, -0.15) is 0 Å². The van der Waals surface area contributed by atoms with Gasteiger partial charge in [0, 0.05) is 47.9 Å². The van der Waals surface area contributed by atoms with Gasteiger partial charge in [-0.3, -0.25) is 9.79 Å². The molecule has 0 saturated carbocycles. The minimum atomic E-state index is -0.296. The van der Waals surface area contributed by atoms with Gasteiger partial charge in [0.05, 0.1) is 10.7 Å². The number of H-pyrrole nitrogens is 1. The summed E-state index contributed by atoms with van der Waals surface area (Å²) in [5, 5.41) is 3.79. The van der Waals surface area contributed by atoms with E-state index in [1.54, 1.807) is 12.3 Å². The Kier molecular flexibility index (Phi) is 7.79. The molecule has 4 N–H and O–H groups in total. The maximum atomic E-state index is 12.3. The third-order valence-corrected chi connectivity index (χ3v) is 4.56. The summed E-state index contributed by atoms with van der Waals surface area (Å²) < 4.78 is 0. The highest BCUT2D eigenvalue weighted by Crippen LogP contribution is 2.26. The van der Waals surface area contributed by atoms with Crippen LogP contribution >= 0.6 is 11.6 Å². The molecule has 0 aliphatic rings. The fourth-order valence-electron chi connectivity index (χ4n) is 2.44. The van der Waals surface area contributed by atoms with Crippen molar-refractivity contribution in [3.05, 3.63) is 69.4 Å². The van der Waals surface area contributed by atoms with E-state index in [2.05, 4.69) is 40.7 Å². The van der Waals surface area contributed by atoms with Crippen LogP contribution in [0.15, 0.2) is 52.5 Å². The van der Waals surface area contributed by atoms with Crippen LogP contribution in [0.2, 0.25) is 5.02 Å². The first-order chi connectivity index (χ1) is 13.7. The minimum Gasteiger partial charge on any atom is -0.404 e. The van der Waals surface area contributed by atoms with Gasteiger partial charge in [0.2, 0.25) is 0 Å². The first kappa shape index (κ1) is 22.4. The number of hydrogen-bond donors (Lipinski definition) is 3. The number of hydrogen-bond acceptors (Lipinski definition) is 5. The Hall–Kier alpha value is -2.86. The summed E-state index contributed by atoms with van der Waals surface area (Å²) in [5.41, 5.74) is 9.02. The Morgan fingerprint density at radius 3 is 2.69 bits per heavy atom. The summed E-state index contributed by atoms with van der Waals surface area (Å²) in [4.78, 5) is 23.9. The van der Waals surface area contributed by atoms with Crippen molar-refractivity contribution in [1.29, 1.82) is 0 Å². The second kappa shape index (κ2) is 10.1. The van der Waals surface area contributed by atoms with Gasteiger partial charge in [0.25, 0.3) is 5.56 Å². The number of allylic oxidation sites excluding steroid dienone is 2. The maximum Gasteiger partial charge on any atom is 0.251 e. The molecule has 7 heteroatoms. The van der Waals surface area contributed by atoms with Gasteiger partial charge in [-0.25, -0.2) is 4.98 Å². The molecule has 1 heterocycles. The Morgan fingerprint density at radius 1 is 1.34 bits per heavy atom. The van der Waals surface area contributed by atoms with Crippen molar-refractivity contribution in [3.8, 4) is 11.4 Å². The largest absolute Gasteiger partial charge is 0.404 e. The molecule has 0 radical (unpaired) electrons. The van der Waals surface area contributed by atoms with Crippen LogP contribution in [0.3, 0.4) is 0 Å². The molecule has 29 heavy (non-hydrogen) atoms. The average Bonchev–Trinajstić information content (AvgIpc) is 2.66. The first-order valence-electron chi connectivity index (χ1n) is 9.49. The zero-order chi connectivity index (χ0) is 21.6. The number of nitrogens with one attached hydrogen (secondary N) is 2. The van der Waals surface area contributed by atoms with Gasteiger partial charge < -0.3 is 16.0 Å². The highest BCUT2D eigenvalue weighted by Gasteiger charge is 2.12. The highest BCUT2D eigenvalue weighted by molar-refractivity contribution is 6.33. The molecule has 0 bridgehead atoms. The van der Waals surface area contributed by atoms with Crippen molar-refractivity contribution in [1.82, 2.24) is 15.3 Å². The van der Waals surface area contributed by atoms with Crippen molar-refractivity contribution < 1.29 is 0 Å². The molecule has 0 saturated heterocycles. The van der Waals surface area contributed by atoms with E-state index in [1.165, 1.54) is 12.3 Å². The van der Waals surface area contributed by atoms with Gasteiger partial charge in [-0.15, -0.1) is 0 Å². The molecule has 154 valence electrons. The lowest BCUT2D eigenvalue weighted by molar-refractivity contribution is 0.656. The normalized spacial score (nSPS) is 12.2. The molecule has 2 rings (SSSR count). The molecule has 1 aromatic carbocycles. The van der Waals surface area contributed by atoms with Crippen LogP contribution < -0.4 is 16.6 Å². The van der Waals surface area contributed by atoms with Crippen LogP contribution in [-0.2, 0) is 6.54 Å². The quantitative estimate of drug-likeness (QED) is 0.567. The highest BCUT2D eigenvalue weighted by atomic mass is 35.5. The second-order valence-electron chi connectivity index (χ2n) is 7.32. The summed E-state index contributed by atoms with van der Waals surface area (Å²) in [6.07, 6.45) is 3.01. The van der Waals surface area contributed by atoms with Crippen molar-refractivity contribution in [3.63, 3.8) is 0 Å². The van der Waals surface area contributed by atoms with Crippen LogP contribution in [-0.4, -0.2) is 22.2 Å². The third-order valence-electron chi connectivity index (χ3n) is 4.23. The van der Waals surface area contributed by atoms with Crippen LogP contribution in [0.4, 0.5) is 0 Å². The SMILES string of the molecule is C=C(NCc1ccc(Cl)c(-c2nc(C(C=NC(C)C)=CN)cc(=O)[nH]2)c1)C(C)C. The molecule has 0 spiro atoms. The van der Waals surface area contributed by atoms with Crippen molar-refractivity contribution in [2.45, 2.75) is 40.3 Å². The number of rotatable bonds is 8. The molecule has 6 nitrogen and oxygen atoms in total. The van der Waals surface area contributed by atoms with E-state index >= 15 is 0 Å². The fraction of sp³-hybridized carbons (Fsp3) is 0.318. The summed E-state index contributed by atoms with van der Waals surface area (Å²) in [6, 6.07) is 7.11. The van der Waals surface area contributed by atoms with E-state index in [0.717, 1.165) is 11.3 Å². The minimum absolute atomic E-state index is 0.102. The van der Waals surface area contributed by atoms with E-state index in [-0.39, 0.29) is 11.6 Å². The second-order valence-corrected chi connectivity index (χ2v) is 7.73. The molecule has 2 aromatic rings. The molecule has 0 aliphatic heterocycles. The number of nitrogens with zero attached hydrogens (tertiary/aromatic N) is 2. The van der Waals surface area contributed by atoms with Gasteiger partial charge in [0.15, 0.2) is 0 Å². The lowest BCUT2D eigenvalue weighted by Gasteiger charge is -2.14. The zero-order valence-electron chi connectivity index (χ0n) is 17.3. The lowest BCUT2D eigenvalue weighted by Crippen LogP contribution is -2.16. The van der Waals surface area contributed by atoms with E-state index in [1.807, 2.05) is 26.0 Å². The summed E-state index contributed by atoms with van der Waals surface area (Å²) >= 11 is 6.40. The predicted octanol–water partition coefficient (Wildman–Crippen LogP) is 4.13. The molecule has 0 amide bonds. The average molecular weight is 414 g/mol. The third kappa shape index (κ3) is 6.32. The Morgan fingerprint density at radius 2 is 2.07 bits per heavy atom. The lowest BCUT2D eigenvalue weighted by atomic mass is 10.1. The Bertz CT molecular complexity index is 989. The van der Waals surface area contributed by atoms with E-state index in [9.17, 15) is 4.79 Å². The summed E-state index contributed by atoms with van der Waals surface area (Å²) in [7, 11) is 0. The van der Waals surface area contributed by atoms with E-state index in [4.69, 9.17) is 17.3 Å². The molecule has 0 fully saturated rings. The fourth-order valence-corrected chi connectivity index (χ4v) is 2.65. The van der Waals surface area contributed by atoms with Crippen LogP contribution in [0.5, 0.6) is 0 Å². The summed E-state index contributed by atoms with van der Waals surface area (Å²) in [6.45, 7) is 12.7. The van der Waals surface area contributed by atoms with Crippen LogP contribution in [0, 0.1) is 5.92 Å². The summed E-state index contributed by atoms with van der Waals surface area (Å²) in [5.74, 6) is 0.713. The molecule has 0 unspecified atom stereocenters. The number of aliphatic imine (C=N–C) groups is 1. The number of aromatic nitrogens is 2. The number of nitrogens with two attached hydrogens (primary N) is 1. The molecular formula is C22H28ClN5O. The topological polar surface area (TPSA) is 96.2 Å². The smallest absolute Gasteiger partial charge is 0.251 e. The van der Waals surface area contributed by atoms with Crippen LogP contribution in [0.25, 0.3) is 17.0 Å². The molecule has 0 atom stereocenters. The monoisotopic (exact) mass is 413 g/mol. The van der Waals surface area contributed by atoms with E-state index in [0.29, 0.717) is 40.1 Å². The van der Waals surface area contributed by atoms with Gasteiger partial charge >= 0.3 is 0 Å². The van der Waals surface area contributed by atoms with Crippen molar-refractivity contribution >= 4 is 23.4 Å². The Labute approximate surface area is 176 Å². The van der Waals surface area contributed by atoms with Gasteiger partial charge in [-0.1, -0.05) is 38.1 Å². The van der Waals surface area contributed by atoms with Gasteiger partial charge in [-0.05, 0) is 37.5 Å². The number of aromatic amines is 1. The van der Waals surface area contributed by atoms with Crippen LogP contribution in [0.1, 0.15) is 39.0 Å². The maximum absolute atomic E-state index is 12.3. The Balaban J connectivity index is 2.41. The first-order valence-corrected chi connectivity index (χ1v) is 9.87. The predicted molar refractivity (Wildman–Crippen MR) is 122 cm³/mol. The van der Waals surface area contributed by atoms with Gasteiger partial charge in [0.1, 0.15) is 5.82 Å². The number of benzene rings is 1. The number of halogens is 1. The van der Waals surface area contributed by atoms with E-state index < -0.39 is 0 Å².